The number of hydrogen-bond donors (Lipinski definition) is 1. The summed E-state index contributed by atoms with van der Waals surface area (Å²) in [6.45, 7) is 6.06. The van der Waals surface area contributed by atoms with Gasteiger partial charge in [0.2, 0.25) is 0 Å². The molecular weight excluding hydrogens is 262 g/mol. The maximum atomic E-state index is 12.1. The van der Waals surface area contributed by atoms with Crippen molar-refractivity contribution in [3.8, 4) is 0 Å². The molecule has 0 aromatic carbocycles. The van der Waals surface area contributed by atoms with Gasteiger partial charge in [-0.2, -0.15) is 0 Å². The summed E-state index contributed by atoms with van der Waals surface area (Å²) in [7, 11) is 1.28. The molecule has 20 heavy (non-hydrogen) atoms. The van der Waals surface area contributed by atoms with Gasteiger partial charge < -0.3 is 19.5 Å². The zero-order valence-electron chi connectivity index (χ0n) is 12.7. The summed E-state index contributed by atoms with van der Waals surface area (Å²) in [5.41, 5.74) is 0. The minimum absolute atomic E-state index is 0.00171. The Morgan fingerprint density at radius 2 is 2.05 bits per heavy atom. The van der Waals surface area contributed by atoms with Gasteiger partial charge >= 0.3 is 12.1 Å². The van der Waals surface area contributed by atoms with E-state index in [1.54, 1.807) is 6.92 Å². The summed E-state index contributed by atoms with van der Waals surface area (Å²) in [5.74, 6) is -0.409. The summed E-state index contributed by atoms with van der Waals surface area (Å²) in [6.07, 6.45) is 1.89. The SMILES string of the molecule is CCOC(=O)[C@@H](NC(=O)OC)[C@@H]1C[C@@H](CC)O[C@H](C)C1. The summed E-state index contributed by atoms with van der Waals surface area (Å²) >= 11 is 0. The first-order valence-corrected chi connectivity index (χ1v) is 7.18. The lowest BCUT2D eigenvalue weighted by atomic mass is 9.85. The first-order chi connectivity index (χ1) is 9.51. The molecule has 6 heteroatoms. The fraction of sp³-hybridized carbons (Fsp3) is 0.857. The average Bonchev–Trinajstić information content (AvgIpc) is 2.43. The summed E-state index contributed by atoms with van der Waals surface area (Å²) < 4.78 is 15.4. The highest BCUT2D eigenvalue weighted by Crippen LogP contribution is 2.29. The minimum atomic E-state index is -0.678. The zero-order valence-corrected chi connectivity index (χ0v) is 12.7. The Morgan fingerprint density at radius 1 is 1.35 bits per heavy atom. The third-order valence-electron chi connectivity index (χ3n) is 3.55. The molecule has 116 valence electrons. The molecular formula is C14H25NO5. The summed E-state index contributed by atoms with van der Waals surface area (Å²) in [5, 5.41) is 2.59. The van der Waals surface area contributed by atoms with Gasteiger partial charge in [0.1, 0.15) is 6.04 Å². The highest BCUT2D eigenvalue weighted by molar-refractivity contribution is 5.81. The van der Waals surface area contributed by atoms with Crippen LogP contribution in [0.2, 0.25) is 0 Å². The molecule has 0 aliphatic carbocycles. The zero-order chi connectivity index (χ0) is 15.1. The Bertz CT molecular complexity index is 334. The minimum Gasteiger partial charge on any atom is -0.464 e. The van der Waals surface area contributed by atoms with Crippen LogP contribution in [0, 0.1) is 5.92 Å². The van der Waals surface area contributed by atoms with Crippen molar-refractivity contribution in [1.82, 2.24) is 5.32 Å². The third kappa shape index (κ3) is 4.67. The van der Waals surface area contributed by atoms with Gasteiger partial charge in [0.05, 0.1) is 25.9 Å². The van der Waals surface area contributed by atoms with Crippen LogP contribution in [-0.2, 0) is 19.0 Å². The first kappa shape index (κ1) is 16.8. The molecule has 0 unspecified atom stereocenters. The van der Waals surface area contributed by atoms with Gasteiger partial charge in [-0.05, 0) is 39.0 Å². The Morgan fingerprint density at radius 3 is 2.60 bits per heavy atom. The van der Waals surface area contributed by atoms with Crippen LogP contribution < -0.4 is 5.32 Å². The van der Waals surface area contributed by atoms with Gasteiger partial charge in [0.25, 0.3) is 0 Å². The van der Waals surface area contributed by atoms with E-state index in [4.69, 9.17) is 9.47 Å². The fourth-order valence-electron chi connectivity index (χ4n) is 2.62. The molecule has 0 radical (unpaired) electrons. The number of rotatable bonds is 5. The van der Waals surface area contributed by atoms with Crippen LogP contribution in [0.25, 0.3) is 0 Å². The largest absolute Gasteiger partial charge is 0.464 e. The van der Waals surface area contributed by atoms with Gasteiger partial charge in [-0.25, -0.2) is 9.59 Å². The van der Waals surface area contributed by atoms with E-state index in [1.807, 2.05) is 13.8 Å². The molecule has 1 aliphatic rings. The van der Waals surface area contributed by atoms with E-state index in [0.717, 1.165) is 12.8 Å². The van der Waals surface area contributed by atoms with E-state index >= 15 is 0 Å². The molecule has 1 aliphatic heterocycles. The van der Waals surface area contributed by atoms with Crippen LogP contribution in [0.5, 0.6) is 0 Å². The molecule has 1 saturated heterocycles. The Balaban J connectivity index is 2.79. The molecule has 1 fully saturated rings. The Labute approximate surface area is 120 Å². The van der Waals surface area contributed by atoms with Gasteiger partial charge in [0, 0.05) is 0 Å². The standard InChI is InChI=1S/C14H25NO5/c1-5-11-8-10(7-9(3)20-11)12(13(16)19-6-2)15-14(17)18-4/h9-12H,5-8H2,1-4H3,(H,15,17)/t9-,10+,11-,12+/m1/s1. The second-order valence-corrected chi connectivity index (χ2v) is 5.07. The number of alkyl carbamates (subject to hydrolysis) is 1. The summed E-state index contributed by atoms with van der Waals surface area (Å²) in [4.78, 5) is 23.5. The number of esters is 1. The van der Waals surface area contributed by atoms with Gasteiger partial charge in [0.15, 0.2) is 0 Å². The molecule has 0 aromatic rings. The predicted molar refractivity (Wildman–Crippen MR) is 73.3 cm³/mol. The van der Waals surface area contributed by atoms with Crippen molar-refractivity contribution >= 4 is 12.1 Å². The molecule has 0 saturated carbocycles. The van der Waals surface area contributed by atoms with Gasteiger partial charge in [-0.3, -0.25) is 0 Å². The number of nitrogens with one attached hydrogen (secondary N) is 1. The maximum absolute atomic E-state index is 12.1. The van der Waals surface area contributed by atoms with Gasteiger partial charge in [-0.15, -0.1) is 0 Å². The molecule has 1 heterocycles. The lowest BCUT2D eigenvalue weighted by Gasteiger charge is -2.36. The number of methoxy groups -OCH3 is 1. The van der Waals surface area contributed by atoms with E-state index in [1.165, 1.54) is 7.11 Å². The molecule has 0 aromatic heterocycles. The van der Waals surface area contributed by atoms with Crippen molar-refractivity contribution in [1.29, 1.82) is 0 Å². The number of carbonyl (C=O) groups is 2. The highest BCUT2D eigenvalue weighted by Gasteiger charge is 2.37. The smallest absolute Gasteiger partial charge is 0.407 e. The van der Waals surface area contributed by atoms with Gasteiger partial charge in [-0.1, -0.05) is 6.92 Å². The van der Waals surface area contributed by atoms with E-state index in [0.29, 0.717) is 6.42 Å². The third-order valence-corrected chi connectivity index (χ3v) is 3.55. The van der Waals surface area contributed by atoms with Crippen LogP contribution >= 0.6 is 0 Å². The number of amides is 1. The fourth-order valence-corrected chi connectivity index (χ4v) is 2.62. The van der Waals surface area contributed by atoms with Crippen LogP contribution in [0.4, 0.5) is 4.79 Å². The van der Waals surface area contributed by atoms with E-state index in [-0.39, 0.29) is 24.7 Å². The normalized spacial score (nSPS) is 27.5. The first-order valence-electron chi connectivity index (χ1n) is 7.18. The molecule has 1 amide bonds. The lowest BCUT2D eigenvalue weighted by molar-refractivity contribution is -0.150. The molecule has 0 bridgehead atoms. The quantitative estimate of drug-likeness (QED) is 0.781. The van der Waals surface area contributed by atoms with E-state index < -0.39 is 18.1 Å². The molecule has 4 atom stereocenters. The topological polar surface area (TPSA) is 73.9 Å². The van der Waals surface area contributed by atoms with E-state index in [9.17, 15) is 9.59 Å². The Kier molecular flexibility index (Phi) is 6.78. The van der Waals surface area contributed by atoms with Crippen LogP contribution in [0.1, 0.15) is 40.0 Å². The van der Waals surface area contributed by atoms with Crippen LogP contribution in [-0.4, -0.2) is 44.0 Å². The van der Waals surface area contributed by atoms with Crippen molar-refractivity contribution in [3.05, 3.63) is 0 Å². The second kappa shape index (κ2) is 8.09. The average molecular weight is 287 g/mol. The van der Waals surface area contributed by atoms with E-state index in [2.05, 4.69) is 10.1 Å². The highest BCUT2D eigenvalue weighted by atomic mass is 16.5. The molecule has 1 rings (SSSR count). The lowest BCUT2D eigenvalue weighted by Crippen LogP contribution is -2.50. The van der Waals surface area contributed by atoms with Crippen LogP contribution in [0.3, 0.4) is 0 Å². The molecule has 1 N–H and O–H groups in total. The molecule has 6 nitrogen and oxygen atoms in total. The van der Waals surface area contributed by atoms with Crippen molar-refractivity contribution in [2.75, 3.05) is 13.7 Å². The number of ether oxygens (including phenoxy) is 3. The monoisotopic (exact) mass is 287 g/mol. The van der Waals surface area contributed by atoms with Crippen molar-refractivity contribution in [3.63, 3.8) is 0 Å². The Hall–Kier alpha value is -1.30. The maximum Gasteiger partial charge on any atom is 0.407 e. The van der Waals surface area contributed by atoms with Crippen molar-refractivity contribution in [2.24, 2.45) is 5.92 Å². The predicted octanol–water partition coefficient (Wildman–Crippen LogP) is 1.87. The van der Waals surface area contributed by atoms with Crippen molar-refractivity contribution in [2.45, 2.75) is 58.3 Å². The second-order valence-electron chi connectivity index (χ2n) is 5.07. The number of hydrogen-bond acceptors (Lipinski definition) is 5. The van der Waals surface area contributed by atoms with Crippen LogP contribution in [0.15, 0.2) is 0 Å². The van der Waals surface area contributed by atoms with Crippen molar-refractivity contribution < 1.29 is 23.8 Å². The summed E-state index contributed by atoms with van der Waals surface area (Å²) in [6, 6.07) is -0.678. The molecule has 0 spiro atoms. The number of carbonyl (C=O) groups excluding carboxylic acids is 2.